The highest BCUT2D eigenvalue weighted by atomic mass is 16.3. The summed E-state index contributed by atoms with van der Waals surface area (Å²) in [4.78, 5) is 0. The summed E-state index contributed by atoms with van der Waals surface area (Å²) in [6.45, 7) is 0. The van der Waals surface area contributed by atoms with Crippen molar-refractivity contribution in [1.29, 1.82) is 0 Å². The Labute approximate surface area is 258 Å². The van der Waals surface area contributed by atoms with E-state index < -0.39 is 0 Å². The van der Waals surface area contributed by atoms with Gasteiger partial charge in [0.2, 0.25) is 0 Å². The Morgan fingerprint density at radius 3 is 1.51 bits per heavy atom. The number of fused-ring (bicyclic) bond motifs is 9. The van der Waals surface area contributed by atoms with Gasteiger partial charge in [0.1, 0.15) is 11.2 Å². The van der Waals surface area contributed by atoms with Gasteiger partial charge in [-0.2, -0.15) is 0 Å². The molecule has 3 heteroatoms. The molecule has 3 aromatic heterocycles. The molecule has 0 saturated carbocycles. The van der Waals surface area contributed by atoms with Crippen molar-refractivity contribution in [3.63, 3.8) is 0 Å². The average molecular weight is 575 g/mol. The predicted octanol–water partition coefficient (Wildman–Crippen LogP) is 11.4. The Bertz CT molecular complexity index is 2740. The number of hydrogen-bond donors (Lipinski definition) is 0. The Morgan fingerprint density at radius 1 is 0.311 bits per heavy atom. The molecule has 0 atom stereocenters. The summed E-state index contributed by atoms with van der Waals surface area (Å²) >= 11 is 0. The standard InChI is InChI=1S/C42H26N2O/c1-3-11-29(12-4-1)43-37-17-9-7-15-31(37)33-23-27(19-21-38(33)43)28-20-22-39-34(24-28)35-26-42-36(32-16-8-10-18-41(32)45-42)25-40(35)44(39)30-13-5-2-6-14-30/h1-26H. The molecule has 3 heterocycles. The number of para-hydroxylation sites is 4. The number of furan rings is 1. The molecular formula is C42H26N2O. The summed E-state index contributed by atoms with van der Waals surface area (Å²) in [5.41, 5.74) is 11.3. The average Bonchev–Trinajstić information content (AvgIpc) is 3.74. The smallest absolute Gasteiger partial charge is 0.136 e. The van der Waals surface area contributed by atoms with Crippen molar-refractivity contribution in [2.75, 3.05) is 0 Å². The van der Waals surface area contributed by atoms with E-state index in [-0.39, 0.29) is 0 Å². The lowest BCUT2D eigenvalue weighted by molar-refractivity contribution is 0.669. The Hall–Kier alpha value is -6.06. The second kappa shape index (κ2) is 9.22. The van der Waals surface area contributed by atoms with Crippen molar-refractivity contribution >= 4 is 65.6 Å². The van der Waals surface area contributed by atoms with Crippen LogP contribution in [-0.2, 0) is 0 Å². The highest BCUT2D eigenvalue weighted by Crippen LogP contribution is 2.41. The Morgan fingerprint density at radius 2 is 0.822 bits per heavy atom. The van der Waals surface area contributed by atoms with E-state index in [0.717, 1.165) is 27.6 Å². The van der Waals surface area contributed by atoms with Crippen molar-refractivity contribution in [2.45, 2.75) is 0 Å². The first-order chi connectivity index (χ1) is 22.3. The molecule has 0 N–H and O–H groups in total. The molecule has 45 heavy (non-hydrogen) atoms. The first kappa shape index (κ1) is 24.4. The molecule has 0 aliphatic rings. The summed E-state index contributed by atoms with van der Waals surface area (Å²) in [6.07, 6.45) is 0. The molecule has 0 radical (unpaired) electrons. The van der Waals surface area contributed by atoms with E-state index in [4.69, 9.17) is 4.42 Å². The maximum absolute atomic E-state index is 6.36. The molecule has 0 fully saturated rings. The lowest BCUT2D eigenvalue weighted by Crippen LogP contribution is -1.93. The molecule has 0 unspecified atom stereocenters. The Kier molecular flexibility index (Phi) is 5.00. The topological polar surface area (TPSA) is 23.0 Å². The molecular weight excluding hydrogens is 548 g/mol. The van der Waals surface area contributed by atoms with Crippen LogP contribution in [0, 0.1) is 0 Å². The summed E-state index contributed by atoms with van der Waals surface area (Å²) in [6, 6.07) is 56.6. The second-order valence-corrected chi connectivity index (χ2v) is 11.8. The van der Waals surface area contributed by atoms with E-state index in [1.807, 2.05) is 12.1 Å². The van der Waals surface area contributed by atoms with Crippen molar-refractivity contribution in [3.05, 3.63) is 158 Å². The van der Waals surface area contributed by atoms with Crippen LogP contribution in [0.4, 0.5) is 0 Å². The molecule has 3 nitrogen and oxygen atoms in total. The number of rotatable bonds is 3. The van der Waals surface area contributed by atoms with E-state index in [0.29, 0.717) is 0 Å². The van der Waals surface area contributed by atoms with Gasteiger partial charge in [0.15, 0.2) is 0 Å². The number of aromatic nitrogens is 2. The van der Waals surface area contributed by atoms with Crippen LogP contribution in [0.5, 0.6) is 0 Å². The van der Waals surface area contributed by atoms with Gasteiger partial charge in [-0.3, -0.25) is 0 Å². The molecule has 0 amide bonds. The van der Waals surface area contributed by atoms with Gasteiger partial charge >= 0.3 is 0 Å². The minimum Gasteiger partial charge on any atom is -0.456 e. The monoisotopic (exact) mass is 574 g/mol. The minimum atomic E-state index is 0.913. The Balaban J connectivity index is 1.24. The van der Waals surface area contributed by atoms with Gasteiger partial charge in [-0.1, -0.05) is 84.9 Å². The van der Waals surface area contributed by atoms with Gasteiger partial charge in [-0.15, -0.1) is 0 Å². The molecule has 0 aliphatic heterocycles. The molecule has 0 aliphatic carbocycles. The third kappa shape index (κ3) is 3.52. The predicted molar refractivity (Wildman–Crippen MR) is 188 cm³/mol. The zero-order valence-corrected chi connectivity index (χ0v) is 24.3. The summed E-state index contributed by atoms with van der Waals surface area (Å²) < 4.78 is 11.1. The van der Waals surface area contributed by atoms with Gasteiger partial charge in [-0.25, -0.2) is 0 Å². The highest BCUT2D eigenvalue weighted by Gasteiger charge is 2.18. The molecule has 0 bridgehead atoms. The molecule has 210 valence electrons. The molecule has 10 rings (SSSR count). The SMILES string of the molecule is c1ccc(-n2c3ccccc3c3cc(-c4ccc5c(c4)c4cc6oc7ccccc7c6cc4n5-c4ccccc4)ccc32)cc1. The maximum atomic E-state index is 6.36. The molecule has 10 aromatic rings. The van der Waals surface area contributed by atoms with E-state index in [9.17, 15) is 0 Å². The van der Waals surface area contributed by atoms with E-state index in [1.165, 1.54) is 60.4 Å². The summed E-state index contributed by atoms with van der Waals surface area (Å²) in [5.74, 6) is 0. The van der Waals surface area contributed by atoms with E-state index in [2.05, 4.69) is 155 Å². The molecule has 7 aromatic carbocycles. The van der Waals surface area contributed by atoms with Crippen molar-refractivity contribution in [3.8, 4) is 22.5 Å². The zero-order valence-electron chi connectivity index (χ0n) is 24.3. The largest absolute Gasteiger partial charge is 0.456 e. The number of nitrogens with zero attached hydrogens (tertiary/aromatic N) is 2. The quantitative estimate of drug-likeness (QED) is 0.206. The van der Waals surface area contributed by atoms with Crippen LogP contribution in [0.15, 0.2) is 162 Å². The second-order valence-electron chi connectivity index (χ2n) is 11.8. The van der Waals surface area contributed by atoms with Crippen LogP contribution in [0.2, 0.25) is 0 Å². The normalized spacial score (nSPS) is 12.0. The van der Waals surface area contributed by atoms with Crippen LogP contribution < -0.4 is 0 Å². The zero-order chi connectivity index (χ0) is 29.5. The van der Waals surface area contributed by atoms with Gasteiger partial charge in [0.25, 0.3) is 0 Å². The fourth-order valence-electron chi connectivity index (χ4n) is 7.28. The maximum Gasteiger partial charge on any atom is 0.136 e. The minimum absolute atomic E-state index is 0.913. The van der Waals surface area contributed by atoms with Gasteiger partial charge in [0.05, 0.1) is 22.1 Å². The fourth-order valence-corrected chi connectivity index (χ4v) is 7.28. The fraction of sp³-hybridized carbons (Fsp3) is 0. The third-order valence-corrected chi connectivity index (χ3v) is 9.30. The first-order valence-corrected chi connectivity index (χ1v) is 15.4. The van der Waals surface area contributed by atoms with Crippen LogP contribution >= 0.6 is 0 Å². The van der Waals surface area contributed by atoms with Gasteiger partial charge in [-0.05, 0) is 83.9 Å². The highest BCUT2D eigenvalue weighted by molar-refractivity contribution is 6.18. The van der Waals surface area contributed by atoms with Crippen LogP contribution in [0.25, 0.3) is 88.1 Å². The van der Waals surface area contributed by atoms with Crippen LogP contribution in [0.3, 0.4) is 0 Å². The van der Waals surface area contributed by atoms with Gasteiger partial charge < -0.3 is 13.6 Å². The van der Waals surface area contributed by atoms with Crippen molar-refractivity contribution < 1.29 is 4.42 Å². The van der Waals surface area contributed by atoms with Gasteiger partial charge in [0, 0.05) is 43.7 Å². The van der Waals surface area contributed by atoms with Crippen molar-refractivity contribution in [2.24, 2.45) is 0 Å². The lowest BCUT2D eigenvalue weighted by atomic mass is 10.0. The number of benzene rings is 7. The number of hydrogen-bond acceptors (Lipinski definition) is 1. The van der Waals surface area contributed by atoms with E-state index >= 15 is 0 Å². The summed E-state index contributed by atoms with van der Waals surface area (Å²) in [7, 11) is 0. The molecule has 0 spiro atoms. The molecule has 0 saturated heterocycles. The van der Waals surface area contributed by atoms with Crippen LogP contribution in [-0.4, -0.2) is 9.13 Å². The van der Waals surface area contributed by atoms with E-state index in [1.54, 1.807) is 0 Å². The van der Waals surface area contributed by atoms with Crippen molar-refractivity contribution in [1.82, 2.24) is 9.13 Å². The first-order valence-electron chi connectivity index (χ1n) is 15.4. The third-order valence-electron chi connectivity index (χ3n) is 9.30. The lowest BCUT2D eigenvalue weighted by Gasteiger charge is -2.09. The van der Waals surface area contributed by atoms with Crippen LogP contribution in [0.1, 0.15) is 0 Å². The summed E-state index contributed by atoms with van der Waals surface area (Å²) in [5, 5.41) is 7.18.